The van der Waals surface area contributed by atoms with Crippen molar-refractivity contribution in [2.24, 2.45) is 0 Å². The monoisotopic (exact) mass is 377 g/mol. The zero-order valence-corrected chi connectivity index (χ0v) is 16.0. The van der Waals surface area contributed by atoms with E-state index < -0.39 is 5.97 Å². The van der Waals surface area contributed by atoms with Crippen molar-refractivity contribution >= 4 is 29.0 Å². The highest BCUT2D eigenvalue weighted by Crippen LogP contribution is 2.18. The second kappa shape index (κ2) is 9.88. The Balaban J connectivity index is 2.11. The van der Waals surface area contributed by atoms with E-state index in [0.29, 0.717) is 18.2 Å². The smallest absolute Gasteiger partial charge is 0.357 e. The van der Waals surface area contributed by atoms with E-state index >= 15 is 0 Å². The summed E-state index contributed by atoms with van der Waals surface area (Å²) in [6.45, 7) is 3.13. The lowest BCUT2D eigenvalue weighted by molar-refractivity contribution is 0.0594. The molecule has 2 amide bonds. The molecule has 0 saturated carbocycles. The van der Waals surface area contributed by atoms with Gasteiger partial charge in [-0.3, -0.25) is 0 Å². The van der Waals surface area contributed by atoms with Crippen LogP contribution in [0.25, 0.3) is 0 Å². The van der Waals surface area contributed by atoms with Gasteiger partial charge < -0.3 is 19.7 Å². The zero-order chi connectivity index (χ0) is 18.9. The summed E-state index contributed by atoms with van der Waals surface area (Å²) in [4.78, 5) is 30.1. The number of hydrogen-bond donors (Lipinski definition) is 1. The van der Waals surface area contributed by atoms with Crippen LogP contribution in [0.5, 0.6) is 0 Å². The van der Waals surface area contributed by atoms with Gasteiger partial charge >= 0.3 is 12.0 Å². The number of rotatable bonds is 8. The molecule has 2 aromatic rings. The van der Waals surface area contributed by atoms with E-state index in [4.69, 9.17) is 4.74 Å². The van der Waals surface area contributed by atoms with Crippen LogP contribution in [-0.4, -0.2) is 49.3 Å². The number of esters is 1. The van der Waals surface area contributed by atoms with Crippen LogP contribution in [0, 0.1) is 0 Å². The molecule has 0 aliphatic carbocycles. The van der Waals surface area contributed by atoms with Crippen LogP contribution in [0.15, 0.2) is 29.6 Å². The van der Waals surface area contributed by atoms with E-state index in [2.05, 4.69) is 15.0 Å². The van der Waals surface area contributed by atoms with Crippen molar-refractivity contribution < 1.29 is 19.1 Å². The Morgan fingerprint density at radius 2 is 2.04 bits per heavy atom. The Labute approximate surface area is 156 Å². The highest BCUT2D eigenvalue weighted by Gasteiger charge is 2.18. The quantitative estimate of drug-likeness (QED) is 0.715. The first-order valence-corrected chi connectivity index (χ1v) is 9.12. The molecule has 0 atom stereocenters. The maximum atomic E-state index is 12.7. The van der Waals surface area contributed by atoms with Gasteiger partial charge in [0.2, 0.25) is 0 Å². The van der Waals surface area contributed by atoms with Crippen LogP contribution in [-0.2, 0) is 22.4 Å². The standard InChI is InChI=1S/C18H23N3O4S/c1-4-13-7-5-6-8-14(13)20-18(23)21(9-10-24-2)11-16-19-15(12-26-16)17(22)25-3/h5-8,12H,4,9-11H2,1-3H3,(H,20,23). The number of urea groups is 1. The Hall–Kier alpha value is -2.45. The number of ether oxygens (including phenoxy) is 2. The van der Waals surface area contributed by atoms with Crippen molar-refractivity contribution in [3.05, 3.63) is 45.9 Å². The molecule has 8 heteroatoms. The molecule has 0 aliphatic heterocycles. The SMILES string of the molecule is CCc1ccccc1NC(=O)N(CCOC)Cc1nc(C(=O)OC)cs1. The van der Waals surface area contributed by atoms with Gasteiger partial charge in [-0.15, -0.1) is 11.3 Å². The molecule has 0 radical (unpaired) electrons. The first-order chi connectivity index (χ1) is 12.6. The van der Waals surface area contributed by atoms with E-state index in [-0.39, 0.29) is 18.3 Å². The predicted molar refractivity (Wildman–Crippen MR) is 101 cm³/mol. The number of anilines is 1. The minimum absolute atomic E-state index is 0.238. The lowest BCUT2D eigenvalue weighted by atomic mass is 10.1. The molecule has 140 valence electrons. The summed E-state index contributed by atoms with van der Waals surface area (Å²) in [6, 6.07) is 7.46. The number of thiazole rings is 1. The van der Waals surface area contributed by atoms with E-state index in [1.807, 2.05) is 31.2 Å². The fourth-order valence-corrected chi connectivity index (χ4v) is 3.12. The maximum absolute atomic E-state index is 12.7. The Bertz CT molecular complexity index is 748. The number of para-hydroxylation sites is 1. The first-order valence-electron chi connectivity index (χ1n) is 8.24. The van der Waals surface area contributed by atoms with Gasteiger partial charge in [-0.25, -0.2) is 14.6 Å². The normalized spacial score (nSPS) is 10.4. The van der Waals surface area contributed by atoms with Gasteiger partial charge in [0.05, 0.1) is 20.3 Å². The highest BCUT2D eigenvalue weighted by molar-refractivity contribution is 7.09. The fourth-order valence-electron chi connectivity index (χ4n) is 2.34. The van der Waals surface area contributed by atoms with Crippen LogP contribution < -0.4 is 5.32 Å². The van der Waals surface area contributed by atoms with Gasteiger partial charge in [0.25, 0.3) is 0 Å². The van der Waals surface area contributed by atoms with Crippen molar-refractivity contribution in [2.75, 3.05) is 32.7 Å². The van der Waals surface area contributed by atoms with Gasteiger partial charge in [0, 0.05) is 24.7 Å². The van der Waals surface area contributed by atoms with Gasteiger partial charge in [-0.1, -0.05) is 25.1 Å². The molecule has 0 spiro atoms. The number of carbonyl (C=O) groups is 2. The van der Waals surface area contributed by atoms with E-state index in [1.165, 1.54) is 18.4 Å². The van der Waals surface area contributed by atoms with E-state index in [1.54, 1.807) is 17.4 Å². The van der Waals surface area contributed by atoms with Gasteiger partial charge in [0.1, 0.15) is 5.01 Å². The Kier molecular flexibility index (Phi) is 7.55. The number of aryl methyl sites for hydroxylation is 1. The molecule has 1 aromatic heterocycles. The molecule has 0 aliphatic rings. The van der Waals surface area contributed by atoms with Crippen molar-refractivity contribution in [1.29, 1.82) is 0 Å². The Morgan fingerprint density at radius 3 is 2.73 bits per heavy atom. The number of methoxy groups -OCH3 is 2. The number of aromatic nitrogens is 1. The highest BCUT2D eigenvalue weighted by atomic mass is 32.1. The molecule has 0 bridgehead atoms. The summed E-state index contributed by atoms with van der Waals surface area (Å²) < 4.78 is 9.77. The predicted octanol–water partition coefficient (Wildman–Crippen LogP) is 3.17. The fraction of sp³-hybridized carbons (Fsp3) is 0.389. The second-order valence-corrected chi connectivity index (χ2v) is 6.42. The Morgan fingerprint density at radius 1 is 1.27 bits per heavy atom. The van der Waals surface area contributed by atoms with Crippen LogP contribution in [0.2, 0.25) is 0 Å². The third kappa shape index (κ3) is 5.27. The summed E-state index contributed by atoms with van der Waals surface area (Å²) in [5.74, 6) is -0.489. The van der Waals surface area contributed by atoms with Gasteiger partial charge in [-0.05, 0) is 18.1 Å². The van der Waals surface area contributed by atoms with Crippen molar-refractivity contribution in [3.63, 3.8) is 0 Å². The van der Waals surface area contributed by atoms with E-state index in [0.717, 1.165) is 17.7 Å². The summed E-state index contributed by atoms with van der Waals surface area (Å²) >= 11 is 1.31. The minimum Gasteiger partial charge on any atom is -0.464 e. The lowest BCUT2D eigenvalue weighted by Gasteiger charge is -2.22. The number of nitrogens with one attached hydrogen (secondary N) is 1. The summed E-state index contributed by atoms with van der Waals surface area (Å²) in [5.41, 5.74) is 2.10. The molecule has 0 unspecified atom stereocenters. The molecule has 1 aromatic carbocycles. The molecule has 1 heterocycles. The summed E-state index contributed by atoms with van der Waals surface area (Å²) in [5, 5.41) is 5.23. The minimum atomic E-state index is -0.489. The number of hydrogen-bond acceptors (Lipinski definition) is 6. The topological polar surface area (TPSA) is 80.8 Å². The average molecular weight is 377 g/mol. The lowest BCUT2D eigenvalue weighted by Crippen LogP contribution is -2.37. The number of carbonyl (C=O) groups excluding carboxylic acids is 2. The van der Waals surface area contributed by atoms with Crippen LogP contribution in [0.3, 0.4) is 0 Å². The van der Waals surface area contributed by atoms with Gasteiger partial charge in [-0.2, -0.15) is 0 Å². The van der Waals surface area contributed by atoms with Gasteiger partial charge in [0.15, 0.2) is 5.69 Å². The van der Waals surface area contributed by atoms with Crippen molar-refractivity contribution in [1.82, 2.24) is 9.88 Å². The number of benzene rings is 1. The third-order valence-corrected chi connectivity index (χ3v) is 4.60. The summed E-state index contributed by atoms with van der Waals surface area (Å²) in [7, 11) is 2.89. The molecule has 26 heavy (non-hydrogen) atoms. The third-order valence-electron chi connectivity index (χ3n) is 3.76. The van der Waals surface area contributed by atoms with Crippen molar-refractivity contribution in [3.8, 4) is 0 Å². The summed E-state index contributed by atoms with van der Waals surface area (Å²) in [6.07, 6.45) is 0.823. The number of nitrogens with zero attached hydrogens (tertiary/aromatic N) is 2. The molecule has 2 rings (SSSR count). The molecular weight excluding hydrogens is 354 g/mol. The van der Waals surface area contributed by atoms with E-state index in [9.17, 15) is 9.59 Å². The molecular formula is C18H23N3O4S. The molecule has 0 fully saturated rings. The van der Waals surface area contributed by atoms with Crippen LogP contribution >= 0.6 is 11.3 Å². The maximum Gasteiger partial charge on any atom is 0.357 e. The largest absolute Gasteiger partial charge is 0.464 e. The van der Waals surface area contributed by atoms with Crippen molar-refractivity contribution in [2.45, 2.75) is 19.9 Å². The average Bonchev–Trinajstić information content (AvgIpc) is 3.13. The van der Waals surface area contributed by atoms with Crippen LogP contribution in [0.1, 0.15) is 28.0 Å². The van der Waals surface area contributed by atoms with Crippen LogP contribution in [0.4, 0.5) is 10.5 Å². The second-order valence-electron chi connectivity index (χ2n) is 5.47. The molecule has 0 saturated heterocycles. The first kappa shape index (κ1) is 19.9. The number of amides is 2. The molecule has 1 N–H and O–H groups in total. The molecule has 7 nitrogen and oxygen atoms in total. The zero-order valence-electron chi connectivity index (χ0n) is 15.2.